The van der Waals surface area contributed by atoms with Crippen molar-refractivity contribution in [3.05, 3.63) is 60.8 Å². The van der Waals surface area contributed by atoms with Crippen LogP contribution in [-0.4, -0.2) is 10.8 Å². The first kappa shape index (κ1) is 14.5. The van der Waals surface area contributed by atoms with Gasteiger partial charge in [-0.2, -0.15) is 11.3 Å². The van der Waals surface area contributed by atoms with Crippen LogP contribution in [0.3, 0.4) is 0 Å². The number of aryl methyl sites for hydroxylation is 1. The number of hydrogen-bond donors (Lipinski definition) is 1. The fraction of sp³-hybridized carbons (Fsp3) is 0.154. The first-order valence-electron chi connectivity index (χ1n) is 5.73. The Morgan fingerprint density at radius 1 is 1.45 bits per heavy atom. The summed E-state index contributed by atoms with van der Waals surface area (Å²) in [5, 5.41) is 17.8. The summed E-state index contributed by atoms with van der Waals surface area (Å²) in [5.41, 5.74) is 1.79. The largest absolute Gasteiger partial charge is 0.348 e. The molecule has 0 saturated heterocycles. The zero-order valence-corrected chi connectivity index (χ0v) is 12.1. The summed E-state index contributed by atoms with van der Waals surface area (Å²) in [5.74, 6) is -0.509. The zero-order valence-electron chi connectivity index (χ0n) is 10.6. The number of nitrogens with zero attached hydrogens (tertiary/aromatic N) is 1. The SMILES string of the molecule is Cc1cscc1CNC(=O)c1cc(Cl)ccc1[N+](=O)[O-]. The van der Waals surface area contributed by atoms with E-state index >= 15 is 0 Å². The molecule has 0 spiro atoms. The number of nitro benzene ring substituents is 1. The maximum absolute atomic E-state index is 12.1. The second kappa shape index (κ2) is 6.02. The van der Waals surface area contributed by atoms with E-state index in [1.165, 1.54) is 18.2 Å². The maximum atomic E-state index is 12.1. The highest BCUT2D eigenvalue weighted by Gasteiger charge is 2.20. The Balaban J connectivity index is 2.19. The molecular weight excluding hydrogens is 300 g/mol. The van der Waals surface area contributed by atoms with Crippen LogP contribution in [0.1, 0.15) is 21.5 Å². The number of rotatable bonds is 4. The van der Waals surface area contributed by atoms with Crippen molar-refractivity contribution in [2.75, 3.05) is 0 Å². The number of benzene rings is 1. The Morgan fingerprint density at radius 3 is 2.80 bits per heavy atom. The van der Waals surface area contributed by atoms with Crippen molar-refractivity contribution in [1.82, 2.24) is 5.32 Å². The average molecular weight is 311 g/mol. The van der Waals surface area contributed by atoms with Crippen molar-refractivity contribution < 1.29 is 9.72 Å². The van der Waals surface area contributed by atoms with Crippen molar-refractivity contribution >= 4 is 34.5 Å². The van der Waals surface area contributed by atoms with Crippen molar-refractivity contribution in [2.45, 2.75) is 13.5 Å². The van der Waals surface area contributed by atoms with E-state index in [2.05, 4.69) is 5.32 Å². The van der Waals surface area contributed by atoms with Gasteiger partial charge < -0.3 is 5.32 Å². The van der Waals surface area contributed by atoms with Gasteiger partial charge in [-0.05, 0) is 40.9 Å². The highest BCUT2D eigenvalue weighted by Crippen LogP contribution is 2.23. The molecule has 20 heavy (non-hydrogen) atoms. The minimum Gasteiger partial charge on any atom is -0.348 e. The molecule has 0 aliphatic rings. The molecule has 2 rings (SSSR count). The van der Waals surface area contributed by atoms with Gasteiger partial charge >= 0.3 is 0 Å². The van der Waals surface area contributed by atoms with E-state index in [-0.39, 0.29) is 16.3 Å². The molecule has 0 atom stereocenters. The van der Waals surface area contributed by atoms with Crippen LogP contribution in [0.2, 0.25) is 5.02 Å². The Labute approximate surface area is 124 Å². The predicted octanol–water partition coefficient (Wildman–Crippen LogP) is 3.55. The van der Waals surface area contributed by atoms with Crippen molar-refractivity contribution in [1.29, 1.82) is 0 Å². The number of carbonyl (C=O) groups excluding carboxylic acids is 1. The molecule has 7 heteroatoms. The van der Waals surface area contributed by atoms with Gasteiger partial charge in [0.15, 0.2) is 0 Å². The van der Waals surface area contributed by atoms with Crippen LogP contribution in [0.15, 0.2) is 29.0 Å². The molecule has 1 N–H and O–H groups in total. The van der Waals surface area contributed by atoms with Crippen LogP contribution in [0.25, 0.3) is 0 Å². The molecule has 0 aliphatic heterocycles. The number of thiophene rings is 1. The predicted molar refractivity (Wildman–Crippen MR) is 78.3 cm³/mol. The summed E-state index contributed by atoms with van der Waals surface area (Å²) < 4.78 is 0. The minimum absolute atomic E-state index is 0.0321. The second-order valence-electron chi connectivity index (χ2n) is 4.18. The fourth-order valence-electron chi connectivity index (χ4n) is 1.69. The topological polar surface area (TPSA) is 72.2 Å². The van der Waals surface area contributed by atoms with Crippen LogP contribution in [0, 0.1) is 17.0 Å². The van der Waals surface area contributed by atoms with E-state index in [9.17, 15) is 14.9 Å². The van der Waals surface area contributed by atoms with Crippen LogP contribution >= 0.6 is 22.9 Å². The van der Waals surface area contributed by atoms with E-state index in [1.54, 1.807) is 11.3 Å². The average Bonchev–Trinajstić information content (AvgIpc) is 2.81. The number of carbonyl (C=O) groups is 1. The van der Waals surface area contributed by atoms with Gasteiger partial charge in [0.25, 0.3) is 11.6 Å². The summed E-state index contributed by atoms with van der Waals surface area (Å²) >= 11 is 7.33. The molecule has 0 saturated carbocycles. The van der Waals surface area contributed by atoms with Crippen molar-refractivity contribution in [3.8, 4) is 0 Å². The molecule has 0 aliphatic carbocycles. The number of halogens is 1. The van der Waals surface area contributed by atoms with Gasteiger partial charge in [0, 0.05) is 17.6 Å². The summed E-state index contributed by atoms with van der Waals surface area (Å²) in [6.07, 6.45) is 0. The lowest BCUT2D eigenvalue weighted by Gasteiger charge is -2.06. The molecular formula is C13H11ClN2O3S. The highest BCUT2D eigenvalue weighted by molar-refractivity contribution is 7.08. The van der Waals surface area contributed by atoms with Gasteiger partial charge in [0.2, 0.25) is 0 Å². The number of amides is 1. The van der Waals surface area contributed by atoms with Crippen LogP contribution < -0.4 is 5.32 Å². The molecule has 2 aromatic rings. The molecule has 1 heterocycles. The van der Waals surface area contributed by atoms with Gasteiger partial charge in [-0.15, -0.1) is 0 Å². The zero-order chi connectivity index (χ0) is 14.7. The quantitative estimate of drug-likeness (QED) is 0.693. The fourth-order valence-corrected chi connectivity index (χ4v) is 2.72. The molecule has 1 amide bonds. The first-order valence-corrected chi connectivity index (χ1v) is 7.05. The lowest BCUT2D eigenvalue weighted by molar-refractivity contribution is -0.385. The lowest BCUT2D eigenvalue weighted by atomic mass is 10.1. The second-order valence-corrected chi connectivity index (χ2v) is 5.36. The standard InChI is InChI=1S/C13H11ClN2O3S/c1-8-6-20-7-9(8)5-15-13(17)11-4-10(14)2-3-12(11)16(18)19/h2-4,6-7H,5H2,1H3,(H,15,17). The maximum Gasteiger partial charge on any atom is 0.282 e. The van der Waals surface area contributed by atoms with E-state index in [0.29, 0.717) is 6.54 Å². The Morgan fingerprint density at radius 2 is 2.20 bits per heavy atom. The molecule has 0 fully saturated rings. The molecule has 5 nitrogen and oxygen atoms in total. The summed E-state index contributed by atoms with van der Waals surface area (Å²) in [6, 6.07) is 3.92. The van der Waals surface area contributed by atoms with Gasteiger partial charge in [0.05, 0.1) is 4.92 Å². The van der Waals surface area contributed by atoms with E-state index in [1.807, 2.05) is 17.7 Å². The third-order valence-corrected chi connectivity index (χ3v) is 3.95. The molecule has 0 unspecified atom stereocenters. The van der Waals surface area contributed by atoms with Crippen LogP contribution in [-0.2, 0) is 6.54 Å². The highest BCUT2D eigenvalue weighted by atomic mass is 35.5. The van der Waals surface area contributed by atoms with Crippen LogP contribution in [0.5, 0.6) is 0 Å². The third kappa shape index (κ3) is 3.15. The Hall–Kier alpha value is -1.92. The molecule has 0 bridgehead atoms. The summed E-state index contributed by atoms with van der Waals surface area (Å²) in [7, 11) is 0. The normalized spacial score (nSPS) is 10.3. The third-order valence-electron chi connectivity index (χ3n) is 2.80. The number of hydrogen-bond acceptors (Lipinski definition) is 4. The molecule has 1 aromatic heterocycles. The van der Waals surface area contributed by atoms with E-state index in [4.69, 9.17) is 11.6 Å². The monoisotopic (exact) mass is 310 g/mol. The van der Waals surface area contributed by atoms with Crippen LogP contribution in [0.4, 0.5) is 5.69 Å². The van der Waals surface area contributed by atoms with E-state index < -0.39 is 10.8 Å². The number of nitro groups is 1. The van der Waals surface area contributed by atoms with Gasteiger partial charge in [0.1, 0.15) is 5.56 Å². The van der Waals surface area contributed by atoms with E-state index in [0.717, 1.165) is 11.1 Å². The van der Waals surface area contributed by atoms with Gasteiger partial charge in [-0.1, -0.05) is 11.6 Å². The smallest absolute Gasteiger partial charge is 0.282 e. The number of nitrogens with one attached hydrogen (secondary N) is 1. The summed E-state index contributed by atoms with van der Waals surface area (Å²) in [4.78, 5) is 22.4. The lowest BCUT2D eigenvalue weighted by Crippen LogP contribution is -2.23. The molecule has 0 radical (unpaired) electrons. The molecule has 104 valence electrons. The Bertz CT molecular complexity index is 669. The minimum atomic E-state index is -0.596. The molecule has 1 aromatic carbocycles. The van der Waals surface area contributed by atoms with Gasteiger partial charge in [-0.25, -0.2) is 0 Å². The van der Waals surface area contributed by atoms with Crippen molar-refractivity contribution in [3.63, 3.8) is 0 Å². The Kier molecular flexibility index (Phi) is 4.36. The van der Waals surface area contributed by atoms with Crippen molar-refractivity contribution in [2.24, 2.45) is 0 Å². The van der Waals surface area contributed by atoms with Gasteiger partial charge in [-0.3, -0.25) is 14.9 Å². The first-order chi connectivity index (χ1) is 9.49. The summed E-state index contributed by atoms with van der Waals surface area (Å²) in [6.45, 7) is 2.28.